The fourth-order valence-electron chi connectivity index (χ4n) is 2.26. The van der Waals surface area contributed by atoms with Crippen LogP contribution in [0.2, 0.25) is 5.02 Å². The first-order valence-electron chi connectivity index (χ1n) is 6.14. The summed E-state index contributed by atoms with van der Waals surface area (Å²) in [6, 6.07) is 13.8. The second-order valence-corrected chi connectivity index (χ2v) is 6.22. The van der Waals surface area contributed by atoms with Crippen LogP contribution >= 0.6 is 34.5 Å². The minimum absolute atomic E-state index is 0.252. The van der Waals surface area contributed by atoms with Crippen molar-refractivity contribution in [1.29, 1.82) is 0 Å². The van der Waals surface area contributed by atoms with E-state index in [0.717, 1.165) is 11.1 Å². The van der Waals surface area contributed by atoms with Crippen molar-refractivity contribution in [2.45, 2.75) is 5.38 Å². The number of benzene rings is 2. The molecule has 1 heterocycles. The predicted octanol–water partition coefficient (Wildman–Crippen LogP) is 5.89. The van der Waals surface area contributed by atoms with E-state index in [0.29, 0.717) is 10.8 Å². The van der Waals surface area contributed by atoms with Crippen molar-refractivity contribution in [3.8, 4) is 5.75 Å². The highest BCUT2D eigenvalue weighted by atomic mass is 35.5. The van der Waals surface area contributed by atoms with Crippen LogP contribution in [0.1, 0.15) is 16.5 Å². The summed E-state index contributed by atoms with van der Waals surface area (Å²) < 4.78 is 6.63. The van der Waals surface area contributed by atoms with Crippen molar-refractivity contribution in [2.75, 3.05) is 7.11 Å². The number of rotatable bonds is 3. The molecule has 0 aliphatic carbocycles. The molecular formula is C16H12Cl2OS. The van der Waals surface area contributed by atoms with Gasteiger partial charge in [-0.1, -0.05) is 35.9 Å². The molecule has 1 atom stereocenters. The van der Waals surface area contributed by atoms with Crippen LogP contribution in [0.3, 0.4) is 0 Å². The number of alkyl halides is 1. The van der Waals surface area contributed by atoms with Crippen LogP contribution in [0, 0.1) is 0 Å². The largest absolute Gasteiger partial charge is 0.496 e. The van der Waals surface area contributed by atoms with Gasteiger partial charge in [0, 0.05) is 15.3 Å². The lowest BCUT2D eigenvalue weighted by Gasteiger charge is -2.14. The quantitative estimate of drug-likeness (QED) is 0.546. The summed E-state index contributed by atoms with van der Waals surface area (Å²) in [5.41, 5.74) is 2.04. The van der Waals surface area contributed by atoms with Crippen LogP contribution in [-0.2, 0) is 0 Å². The Morgan fingerprint density at radius 3 is 2.70 bits per heavy atom. The smallest absolute Gasteiger partial charge is 0.125 e. The summed E-state index contributed by atoms with van der Waals surface area (Å²) in [4.78, 5) is 0. The highest BCUT2D eigenvalue weighted by Crippen LogP contribution is 2.41. The molecule has 0 spiro atoms. The van der Waals surface area contributed by atoms with E-state index in [-0.39, 0.29) is 5.38 Å². The summed E-state index contributed by atoms with van der Waals surface area (Å²) in [5, 5.41) is 3.69. The zero-order valence-corrected chi connectivity index (χ0v) is 13.1. The maximum atomic E-state index is 6.67. The molecule has 20 heavy (non-hydrogen) atoms. The molecule has 1 nitrogen and oxygen atoms in total. The third-order valence-corrected chi connectivity index (χ3v) is 4.94. The summed E-state index contributed by atoms with van der Waals surface area (Å²) in [7, 11) is 1.63. The Hall–Kier alpha value is -1.22. The van der Waals surface area contributed by atoms with Crippen LogP contribution in [-0.4, -0.2) is 7.11 Å². The number of methoxy groups -OCH3 is 1. The zero-order chi connectivity index (χ0) is 14.1. The van der Waals surface area contributed by atoms with Gasteiger partial charge in [-0.2, -0.15) is 0 Å². The minimum atomic E-state index is -0.252. The topological polar surface area (TPSA) is 9.23 Å². The molecule has 4 heteroatoms. The summed E-state index contributed by atoms with van der Waals surface area (Å²) >= 11 is 14.4. The molecule has 102 valence electrons. The van der Waals surface area contributed by atoms with Gasteiger partial charge in [-0.15, -0.1) is 22.9 Å². The highest BCUT2D eigenvalue weighted by molar-refractivity contribution is 7.17. The van der Waals surface area contributed by atoms with Gasteiger partial charge >= 0.3 is 0 Å². The van der Waals surface area contributed by atoms with E-state index in [1.165, 1.54) is 10.1 Å². The molecule has 0 aliphatic rings. The molecule has 2 aromatic carbocycles. The monoisotopic (exact) mass is 322 g/mol. The molecule has 1 aromatic heterocycles. The van der Waals surface area contributed by atoms with Crippen LogP contribution in [0.25, 0.3) is 10.1 Å². The third-order valence-electron chi connectivity index (χ3n) is 3.25. The van der Waals surface area contributed by atoms with E-state index in [1.54, 1.807) is 24.5 Å². The van der Waals surface area contributed by atoms with Gasteiger partial charge in [0.1, 0.15) is 5.75 Å². The van der Waals surface area contributed by atoms with Gasteiger partial charge in [-0.25, -0.2) is 0 Å². The van der Waals surface area contributed by atoms with Gasteiger partial charge in [-0.05, 0) is 34.5 Å². The second kappa shape index (κ2) is 5.65. The van der Waals surface area contributed by atoms with E-state index in [9.17, 15) is 0 Å². The first kappa shape index (κ1) is 13.7. The highest BCUT2D eigenvalue weighted by Gasteiger charge is 2.19. The molecule has 3 rings (SSSR count). The lowest BCUT2D eigenvalue weighted by Crippen LogP contribution is -1.96. The second-order valence-electron chi connectivity index (χ2n) is 4.44. The normalized spacial score (nSPS) is 12.6. The molecule has 0 saturated carbocycles. The van der Waals surface area contributed by atoms with E-state index in [1.807, 2.05) is 24.3 Å². The molecule has 0 fully saturated rings. The van der Waals surface area contributed by atoms with Gasteiger partial charge in [-0.3, -0.25) is 0 Å². The standard InChI is InChI=1S/C16H12Cl2OS/c1-19-14-8-10(17)6-7-12(14)16(18)13-9-20-15-5-3-2-4-11(13)15/h2-9,16H,1H3. The predicted molar refractivity (Wildman–Crippen MR) is 87.5 cm³/mol. The van der Waals surface area contributed by atoms with Crippen LogP contribution < -0.4 is 4.74 Å². The first-order valence-corrected chi connectivity index (χ1v) is 7.83. The summed E-state index contributed by atoms with van der Waals surface area (Å²) in [6.07, 6.45) is 0. The van der Waals surface area contributed by atoms with Crippen molar-refractivity contribution < 1.29 is 4.74 Å². The fourth-order valence-corrected chi connectivity index (χ4v) is 3.84. The Bertz CT molecular complexity index is 751. The maximum absolute atomic E-state index is 6.67. The van der Waals surface area contributed by atoms with Crippen molar-refractivity contribution in [3.05, 3.63) is 64.0 Å². The molecule has 0 radical (unpaired) electrons. The molecular weight excluding hydrogens is 311 g/mol. The number of hydrogen-bond acceptors (Lipinski definition) is 2. The van der Waals surface area contributed by atoms with Gasteiger partial charge in [0.2, 0.25) is 0 Å². The van der Waals surface area contributed by atoms with Gasteiger partial charge in [0.25, 0.3) is 0 Å². The van der Waals surface area contributed by atoms with Crippen LogP contribution in [0.4, 0.5) is 0 Å². The number of thiophene rings is 1. The Morgan fingerprint density at radius 1 is 1.10 bits per heavy atom. The summed E-state index contributed by atoms with van der Waals surface area (Å²) in [5.74, 6) is 0.716. The molecule has 0 aliphatic heterocycles. The molecule has 0 amide bonds. The lowest BCUT2D eigenvalue weighted by atomic mass is 10.0. The van der Waals surface area contributed by atoms with Crippen LogP contribution in [0.15, 0.2) is 47.8 Å². The van der Waals surface area contributed by atoms with Crippen molar-refractivity contribution >= 4 is 44.6 Å². The van der Waals surface area contributed by atoms with Crippen molar-refractivity contribution in [3.63, 3.8) is 0 Å². The van der Waals surface area contributed by atoms with Crippen molar-refractivity contribution in [1.82, 2.24) is 0 Å². The maximum Gasteiger partial charge on any atom is 0.125 e. The minimum Gasteiger partial charge on any atom is -0.496 e. The average molecular weight is 323 g/mol. The Balaban J connectivity index is 2.10. The lowest BCUT2D eigenvalue weighted by molar-refractivity contribution is 0.410. The molecule has 0 N–H and O–H groups in total. The van der Waals surface area contributed by atoms with E-state index >= 15 is 0 Å². The number of ether oxygens (including phenoxy) is 1. The molecule has 3 aromatic rings. The van der Waals surface area contributed by atoms with E-state index < -0.39 is 0 Å². The average Bonchev–Trinajstić information content (AvgIpc) is 2.90. The Morgan fingerprint density at radius 2 is 1.90 bits per heavy atom. The van der Waals surface area contributed by atoms with Gasteiger partial charge in [0.05, 0.1) is 12.5 Å². The fraction of sp³-hybridized carbons (Fsp3) is 0.125. The molecule has 0 saturated heterocycles. The van der Waals surface area contributed by atoms with Crippen LogP contribution in [0.5, 0.6) is 5.75 Å². The molecule has 0 bridgehead atoms. The van der Waals surface area contributed by atoms with E-state index in [2.05, 4.69) is 17.5 Å². The Labute approximate surface area is 131 Å². The third kappa shape index (κ3) is 2.39. The zero-order valence-electron chi connectivity index (χ0n) is 10.8. The SMILES string of the molecule is COc1cc(Cl)ccc1C(Cl)c1csc2ccccc12. The Kier molecular flexibility index (Phi) is 3.88. The van der Waals surface area contributed by atoms with Crippen molar-refractivity contribution in [2.24, 2.45) is 0 Å². The number of halogens is 2. The first-order chi connectivity index (χ1) is 9.70. The number of fused-ring (bicyclic) bond motifs is 1. The number of hydrogen-bond donors (Lipinski definition) is 0. The molecule has 1 unspecified atom stereocenters. The van der Waals surface area contributed by atoms with Gasteiger partial charge in [0.15, 0.2) is 0 Å². The van der Waals surface area contributed by atoms with Gasteiger partial charge < -0.3 is 4.74 Å². The van der Waals surface area contributed by atoms with E-state index in [4.69, 9.17) is 27.9 Å². The summed E-state index contributed by atoms with van der Waals surface area (Å²) in [6.45, 7) is 0.